The fourth-order valence-electron chi connectivity index (χ4n) is 2.70. The molecule has 0 atom stereocenters. The van der Waals surface area contributed by atoms with Crippen LogP contribution in [-0.2, 0) is 22.6 Å². The lowest BCUT2D eigenvalue weighted by Gasteiger charge is -2.22. The quantitative estimate of drug-likeness (QED) is 0.746. The number of hydrogen-bond donors (Lipinski definition) is 0. The Morgan fingerprint density at radius 1 is 1.46 bits per heavy atom. The first-order valence-electron chi connectivity index (χ1n) is 8.19. The molecule has 0 unspecified atom stereocenters. The van der Waals surface area contributed by atoms with Crippen molar-refractivity contribution in [1.29, 1.82) is 0 Å². The van der Waals surface area contributed by atoms with Gasteiger partial charge in [0.25, 0.3) is 0 Å². The van der Waals surface area contributed by atoms with Crippen molar-refractivity contribution in [3.8, 4) is 0 Å². The summed E-state index contributed by atoms with van der Waals surface area (Å²) in [5.74, 6) is 0.880. The molecule has 5 nitrogen and oxygen atoms in total. The molecule has 0 spiro atoms. The molecular formula is C18H22FN3O2. The highest BCUT2D eigenvalue weighted by Gasteiger charge is 2.33. The molecule has 0 N–H and O–H groups in total. The summed E-state index contributed by atoms with van der Waals surface area (Å²) in [6.45, 7) is 2.03. The standard InChI is InChI=1S/C18H22FN3O2/c1-24-10-9-22(18(23)15-5-6-15)13-17-20-7-8-21(17)12-14-3-2-4-16(19)11-14/h2-4,7-8,11,15H,5-6,9-10,12-13H2,1H3. The largest absolute Gasteiger partial charge is 0.383 e. The molecule has 1 fully saturated rings. The second kappa shape index (κ2) is 7.57. The van der Waals surface area contributed by atoms with Gasteiger partial charge < -0.3 is 14.2 Å². The van der Waals surface area contributed by atoms with Crippen LogP contribution in [0.15, 0.2) is 36.7 Å². The van der Waals surface area contributed by atoms with Crippen molar-refractivity contribution in [2.45, 2.75) is 25.9 Å². The van der Waals surface area contributed by atoms with Gasteiger partial charge >= 0.3 is 0 Å². The molecule has 24 heavy (non-hydrogen) atoms. The molecule has 1 saturated carbocycles. The monoisotopic (exact) mass is 331 g/mol. The Kier molecular flexibility index (Phi) is 5.25. The fraction of sp³-hybridized carbons (Fsp3) is 0.444. The van der Waals surface area contributed by atoms with E-state index in [1.165, 1.54) is 12.1 Å². The van der Waals surface area contributed by atoms with Crippen molar-refractivity contribution in [2.24, 2.45) is 5.92 Å². The molecule has 2 aromatic rings. The first-order valence-corrected chi connectivity index (χ1v) is 8.19. The van der Waals surface area contributed by atoms with Gasteiger partial charge in [0.15, 0.2) is 0 Å². The molecule has 0 saturated heterocycles. The van der Waals surface area contributed by atoms with Gasteiger partial charge in [0, 0.05) is 38.5 Å². The number of amides is 1. The Morgan fingerprint density at radius 3 is 3.00 bits per heavy atom. The van der Waals surface area contributed by atoms with E-state index in [4.69, 9.17) is 4.74 Å². The smallest absolute Gasteiger partial charge is 0.226 e. The Bertz CT molecular complexity index is 697. The summed E-state index contributed by atoms with van der Waals surface area (Å²) < 4.78 is 20.4. The zero-order valence-corrected chi connectivity index (χ0v) is 13.8. The van der Waals surface area contributed by atoms with Crippen molar-refractivity contribution >= 4 is 5.91 Å². The molecule has 128 valence electrons. The summed E-state index contributed by atoms with van der Waals surface area (Å²) in [5, 5.41) is 0. The van der Waals surface area contributed by atoms with Crippen LogP contribution in [0.25, 0.3) is 0 Å². The van der Waals surface area contributed by atoms with Crippen LogP contribution in [0.3, 0.4) is 0 Å². The number of imidazole rings is 1. The molecule has 1 aliphatic rings. The number of aromatic nitrogens is 2. The van der Waals surface area contributed by atoms with E-state index in [9.17, 15) is 9.18 Å². The first kappa shape index (κ1) is 16.6. The van der Waals surface area contributed by atoms with Crippen LogP contribution < -0.4 is 0 Å². The highest BCUT2D eigenvalue weighted by molar-refractivity contribution is 5.80. The zero-order chi connectivity index (χ0) is 16.9. The van der Waals surface area contributed by atoms with Crippen LogP contribution >= 0.6 is 0 Å². The minimum atomic E-state index is -0.250. The zero-order valence-electron chi connectivity index (χ0n) is 13.8. The fourth-order valence-corrected chi connectivity index (χ4v) is 2.70. The molecule has 1 aromatic carbocycles. The van der Waals surface area contributed by atoms with Gasteiger partial charge in [0.1, 0.15) is 11.6 Å². The Morgan fingerprint density at radius 2 is 2.29 bits per heavy atom. The lowest BCUT2D eigenvalue weighted by molar-refractivity contribution is -0.134. The number of carbonyl (C=O) groups is 1. The van der Waals surface area contributed by atoms with Gasteiger partial charge in [-0.25, -0.2) is 9.37 Å². The van der Waals surface area contributed by atoms with Crippen LogP contribution in [-0.4, -0.2) is 40.6 Å². The number of rotatable bonds is 8. The molecule has 6 heteroatoms. The van der Waals surface area contributed by atoms with E-state index in [1.807, 2.05) is 21.7 Å². The Balaban J connectivity index is 1.71. The lowest BCUT2D eigenvalue weighted by atomic mass is 10.2. The van der Waals surface area contributed by atoms with Gasteiger partial charge in [-0.2, -0.15) is 0 Å². The van der Waals surface area contributed by atoms with E-state index in [2.05, 4.69) is 4.98 Å². The molecule has 0 aliphatic heterocycles. The predicted molar refractivity (Wildman–Crippen MR) is 87.7 cm³/mol. The van der Waals surface area contributed by atoms with Crippen molar-refractivity contribution in [3.05, 3.63) is 53.9 Å². The molecule has 1 aromatic heterocycles. The van der Waals surface area contributed by atoms with Crippen molar-refractivity contribution in [3.63, 3.8) is 0 Å². The van der Waals surface area contributed by atoms with E-state index in [0.717, 1.165) is 24.2 Å². The normalized spacial score (nSPS) is 13.9. The van der Waals surface area contributed by atoms with E-state index in [0.29, 0.717) is 26.2 Å². The van der Waals surface area contributed by atoms with Gasteiger partial charge in [-0.1, -0.05) is 12.1 Å². The topological polar surface area (TPSA) is 47.4 Å². The van der Waals surface area contributed by atoms with Gasteiger partial charge in [-0.3, -0.25) is 4.79 Å². The van der Waals surface area contributed by atoms with Crippen LogP contribution in [0.4, 0.5) is 4.39 Å². The van der Waals surface area contributed by atoms with Crippen molar-refractivity contribution < 1.29 is 13.9 Å². The Labute approximate surface area is 141 Å². The molecule has 0 bridgehead atoms. The number of halogens is 1. The third kappa shape index (κ3) is 4.20. The minimum absolute atomic E-state index is 0.161. The maximum absolute atomic E-state index is 13.4. The molecule has 1 heterocycles. The molecule has 1 amide bonds. The average molecular weight is 331 g/mol. The Hall–Kier alpha value is -2.21. The molecular weight excluding hydrogens is 309 g/mol. The van der Waals surface area contributed by atoms with Crippen LogP contribution in [0.1, 0.15) is 24.2 Å². The highest BCUT2D eigenvalue weighted by Crippen LogP contribution is 2.31. The van der Waals surface area contributed by atoms with E-state index in [-0.39, 0.29) is 17.6 Å². The van der Waals surface area contributed by atoms with Gasteiger partial charge in [0.2, 0.25) is 5.91 Å². The van der Waals surface area contributed by atoms with Crippen LogP contribution in [0, 0.1) is 11.7 Å². The maximum atomic E-state index is 13.4. The third-order valence-electron chi connectivity index (χ3n) is 4.18. The lowest BCUT2D eigenvalue weighted by Crippen LogP contribution is -2.35. The predicted octanol–water partition coefficient (Wildman–Crippen LogP) is 2.46. The summed E-state index contributed by atoms with van der Waals surface area (Å²) in [6.07, 6.45) is 5.52. The van der Waals surface area contributed by atoms with Crippen molar-refractivity contribution in [2.75, 3.05) is 20.3 Å². The number of nitrogens with zero attached hydrogens (tertiary/aromatic N) is 3. The molecule has 1 aliphatic carbocycles. The third-order valence-corrected chi connectivity index (χ3v) is 4.18. The molecule has 0 radical (unpaired) electrons. The summed E-state index contributed by atoms with van der Waals surface area (Å²) >= 11 is 0. The summed E-state index contributed by atoms with van der Waals surface area (Å²) in [5.41, 5.74) is 0.867. The van der Waals surface area contributed by atoms with Crippen LogP contribution in [0.2, 0.25) is 0 Å². The van der Waals surface area contributed by atoms with Gasteiger partial charge in [-0.05, 0) is 30.5 Å². The highest BCUT2D eigenvalue weighted by atomic mass is 19.1. The van der Waals surface area contributed by atoms with Crippen molar-refractivity contribution in [1.82, 2.24) is 14.5 Å². The number of ether oxygens (including phenoxy) is 1. The maximum Gasteiger partial charge on any atom is 0.226 e. The number of hydrogen-bond acceptors (Lipinski definition) is 3. The van der Waals surface area contributed by atoms with E-state index >= 15 is 0 Å². The number of benzene rings is 1. The van der Waals surface area contributed by atoms with Gasteiger partial charge in [0.05, 0.1) is 13.2 Å². The first-order chi connectivity index (χ1) is 11.7. The minimum Gasteiger partial charge on any atom is -0.383 e. The number of carbonyl (C=O) groups excluding carboxylic acids is 1. The molecule has 3 rings (SSSR count). The van der Waals surface area contributed by atoms with Crippen LogP contribution in [0.5, 0.6) is 0 Å². The second-order valence-corrected chi connectivity index (χ2v) is 6.13. The SMILES string of the molecule is COCCN(Cc1nccn1Cc1cccc(F)c1)C(=O)C1CC1. The number of methoxy groups -OCH3 is 1. The second-order valence-electron chi connectivity index (χ2n) is 6.13. The summed E-state index contributed by atoms with van der Waals surface area (Å²) in [7, 11) is 1.63. The van der Waals surface area contributed by atoms with E-state index < -0.39 is 0 Å². The summed E-state index contributed by atoms with van der Waals surface area (Å²) in [6, 6.07) is 6.52. The average Bonchev–Trinajstić information content (AvgIpc) is 3.33. The summed E-state index contributed by atoms with van der Waals surface area (Å²) in [4.78, 5) is 18.6. The van der Waals surface area contributed by atoms with Gasteiger partial charge in [-0.15, -0.1) is 0 Å². The van der Waals surface area contributed by atoms with E-state index in [1.54, 1.807) is 19.4 Å².